The summed E-state index contributed by atoms with van der Waals surface area (Å²) in [6.45, 7) is 5.88. The molecule has 1 saturated carbocycles. The van der Waals surface area contributed by atoms with Crippen molar-refractivity contribution >= 4 is 17.6 Å². The molecule has 2 rings (SSSR count). The molecular formula is C12H18N4O2. The fourth-order valence-corrected chi connectivity index (χ4v) is 1.83. The molecule has 6 heteroatoms. The third-order valence-corrected chi connectivity index (χ3v) is 2.72. The van der Waals surface area contributed by atoms with E-state index in [1.807, 2.05) is 26.8 Å². The molecule has 0 aliphatic heterocycles. The normalized spacial score (nSPS) is 21.8. The summed E-state index contributed by atoms with van der Waals surface area (Å²) in [5.41, 5.74) is 0. The topological polar surface area (TPSA) is 87.1 Å². The molecule has 0 amide bonds. The van der Waals surface area contributed by atoms with Crippen molar-refractivity contribution < 1.29 is 9.90 Å². The fraction of sp³-hybridized carbons (Fsp3) is 0.583. The zero-order chi connectivity index (χ0) is 13.3. The van der Waals surface area contributed by atoms with E-state index in [0.717, 1.165) is 5.82 Å². The lowest BCUT2D eigenvalue weighted by Gasteiger charge is -2.11. The lowest BCUT2D eigenvalue weighted by Crippen LogP contribution is -2.14. The second kappa shape index (κ2) is 4.80. The van der Waals surface area contributed by atoms with Crippen molar-refractivity contribution in [1.82, 2.24) is 9.97 Å². The van der Waals surface area contributed by atoms with Crippen LogP contribution in [-0.4, -0.2) is 33.1 Å². The van der Waals surface area contributed by atoms with E-state index < -0.39 is 5.97 Å². The zero-order valence-electron chi connectivity index (χ0n) is 10.8. The van der Waals surface area contributed by atoms with Gasteiger partial charge in [0, 0.05) is 18.2 Å². The van der Waals surface area contributed by atoms with Crippen molar-refractivity contribution in [2.24, 2.45) is 5.92 Å². The van der Waals surface area contributed by atoms with Gasteiger partial charge in [-0.1, -0.05) is 0 Å². The van der Waals surface area contributed by atoms with Gasteiger partial charge in [-0.2, -0.15) is 0 Å². The van der Waals surface area contributed by atoms with Gasteiger partial charge in [0.25, 0.3) is 0 Å². The number of aryl methyl sites for hydroxylation is 1. The van der Waals surface area contributed by atoms with Crippen LogP contribution >= 0.6 is 0 Å². The molecule has 0 aromatic carbocycles. The van der Waals surface area contributed by atoms with E-state index in [4.69, 9.17) is 5.11 Å². The highest BCUT2D eigenvalue weighted by molar-refractivity contribution is 5.75. The minimum Gasteiger partial charge on any atom is -0.481 e. The van der Waals surface area contributed by atoms with Crippen LogP contribution in [0.3, 0.4) is 0 Å². The summed E-state index contributed by atoms with van der Waals surface area (Å²) < 4.78 is 0. The van der Waals surface area contributed by atoms with Crippen molar-refractivity contribution in [1.29, 1.82) is 0 Å². The van der Waals surface area contributed by atoms with Crippen LogP contribution in [0.1, 0.15) is 26.1 Å². The van der Waals surface area contributed by atoms with Crippen LogP contribution in [0.5, 0.6) is 0 Å². The molecule has 2 atom stereocenters. The predicted molar refractivity (Wildman–Crippen MR) is 68.7 cm³/mol. The number of aliphatic carboxylic acids is 1. The Morgan fingerprint density at radius 2 is 2.11 bits per heavy atom. The molecule has 1 aromatic heterocycles. The maximum absolute atomic E-state index is 10.8. The van der Waals surface area contributed by atoms with Crippen molar-refractivity contribution in [3.8, 4) is 0 Å². The lowest BCUT2D eigenvalue weighted by molar-refractivity contribution is -0.138. The largest absolute Gasteiger partial charge is 0.481 e. The highest BCUT2D eigenvalue weighted by Crippen LogP contribution is 2.33. The number of nitrogens with zero attached hydrogens (tertiary/aromatic N) is 2. The quantitative estimate of drug-likeness (QED) is 0.734. The molecule has 0 bridgehead atoms. The molecule has 3 N–H and O–H groups in total. The highest BCUT2D eigenvalue weighted by atomic mass is 16.4. The van der Waals surface area contributed by atoms with Crippen LogP contribution in [0.4, 0.5) is 11.6 Å². The highest BCUT2D eigenvalue weighted by Gasteiger charge is 2.43. The average Bonchev–Trinajstić information content (AvgIpc) is 2.94. The number of aromatic nitrogens is 2. The number of anilines is 2. The summed E-state index contributed by atoms with van der Waals surface area (Å²) in [6.07, 6.45) is 0.658. The van der Waals surface area contributed by atoms with Crippen LogP contribution in [0.25, 0.3) is 0 Å². The predicted octanol–water partition coefficient (Wildman–Crippen LogP) is 1.49. The second-order valence-corrected chi connectivity index (χ2v) is 4.92. The third kappa shape index (κ3) is 3.09. The summed E-state index contributed by atoms with van der Waals surface area (Å²) in [6, 6.07) is 2.09. The van der Waals surface area contributed by atoms with Gasteiger partial charge in [0.2, 0.25) is 0 Å². The Labute approximate surface area is 106 Å². The molecule has 18 heavy (non-hydrogen) atoms. The molecule has 1 fully saturated rings. The van der Waals surface area contributed by atoms with E-state index in [-0.39, 0.29) is 12.0 Å². The van der Waals surface area contributed by atoms with Crippen molar-refractivity contribution in [3.63, 3.8) is 0 Å². The third-order valence-electron chi connectivity index (χ3n) is 2.72. The Bertz CT molecular complexity index is 461. The summed E-state index contributed by atoms with van der Waals surface area (Å²) >= 11 is 0. The summed E-state index contributed by atoms with van der Waals surface area (Å²) in [7, 11) is 0. The smallest absolute Gasteiger partial charge is 0.308 e. The zero-order valence-corrected chi connectivity index (χ0v) is 10.8. The van der Waals surface area contributed by atoms with Crippen molar-refractivity contribution in [2.75, 3.05) is 10.6 Å². The number of carbonyl (C=O) groups is 1. The first kappa shape index (κ1) is 12.6. The van der Waals surface area contributed by atoms with E-state index in [9.17, 15) is 4.79 Å². The molecule has 2 unspecified atom stereocenters. The van der Waals surface area contributed by atoms with Gasteiger partial charge in [-0.05, 0) is 27.2 Å². The minimum atomic E-state index is -0.751. The van der Waals surface area contributed by atoms with E-state index in [2.05, 4.69) is 20.6 Å². The summed E-state index contributed by atoms with van der Waals surface area (Å²) in [4.78, 5) is 19.3. The molecular weight excluding hydrogens is 232 g/mol. The monoisotopic (exact) mass is 250 g/mol. The van der Waals surface area contributed by atoms with Gasteiger partial charge >= 0.3 is 5.97 Å². The van der Waals surface area contributed by atoms with Gasteiger partial charge in [0.1, 0.15) is 17.5 Å². The molecule has 6 nitrogen and oxygen atoms in total. The Kier molecular flexibility index (Phi) is 3.36. The van der Waals surface area contributed by atoms with Crippen LogP contribution in [0, 0.1) is 12.8 Å². The van der Waals surface area contributed by atoms with Crippen molar-refractivity contribution in [2.45, 2.75) is 39.3 Å². The lowest BCUT2D eigenvalue weighted by atomic mass is 10.3. The minimum absolute atomic E-state index is 0.0105. The number of hydrogen-bond acceptors (Lipinski definition) is 5. The Balaban J connectivity index is 2.04. The summed E-state index contributed by atoms with van der Waals surface area (Å²) in [5, 5.41) is 15.2. The number of hydrogen-bond donors (Lipinski definition) is 3. The van der Waals surface area contributed by atoms with Crippen LogP contribution < -0.4 is 10.6 Å². The fourth-order valence-electron chi connectivity index (χ4n) is 1.83. The molecule has 98 valence electrons. The summed E-state index contributed by atoms with van der Waals surface area (Å²) in [5.74, 6) is 1.06. The Morgan fingerprint density at radius 1 is 1.44 bits per heavy atom. The molecule has 0 saturated heterocycles. The van der Waals surface area contributed by atoms with Crippen LogP contribution in [0.15, 0.2) is 6.07 Å². The van der Waals surface area contributed by atoms with Gasteiger partial charge in [0.15, 0.2) is 0 Å². The number of rotatable bonds is 5. The maximum atomic E-state index is 10.8. The second-order valence-electron chi connectivity index (χ2n) is 4.92. The molecule has 1 heterocycles. The average molecular weight is 250 g/mol. The van der Waals surface area contributed by atoms with Gasteiger partial charge in [-0.3, -0.25) is 4.79 Å². The Hall–Kier alpha value is -1.85. The number of nitrogens with one attached hydrogen (secondary N) is 2. The van der Waals surface area contributed by atoms with Gasteiger partial charge in [0.05, 0.1) is 5.92 Å². The Morgan fingerprint density at radius 3 is 2.67 bits per heavy atom. The number of carboxylic acid groups (broad SMARTS) is 1. The van der Waals surface area contributed by atoms with Crippen molar-refractivity contribution in [3.05, 3.63) is 11.9 Å². The maximum Gasteiger partial charge on any atom is 0.308 e. The van der Waals surface area contributed by atoms with Gasteiger partial charge < -0.3 is 15.7 Å². The number of carboxylic acids is 1. The van der Waals surface area contributed by atoms with E-state index in [0.29, 0.717) is 24.1 Å². The van der Waals surface area contributed by atoms with E-state index >= 15 is 0 Å². The van der Waals surface area contributed by atoms with E-state index in [1.54, 1.807) is 0 Å². The molecule has 0 spiro atoms. The molecule has 1 aromatic rings. The van der Waals surface area contributed by atoms with Gasteiger partial charge in [-0.25, -0.2) is 9.97 Å². The van der Waals surface area contributed by atoms with Crippen LogP contribution in [0.2, 0.25) is 0 Å². The first-order valence-electron chi connectivity index (χ1n) is 6.07. The SMILES string of the molecule is Cc1nc(NC(C)C)cc(NC2CC2C(=O)O)n1. The molecule has 0 radical (unpaired) electrons. The first-order valence-corrected chi connectivity index (χ1v) is 6.07. The standard InChI is InChI=1S/C12H18N4O2/c1-6(2)13-10-5-11(15-7(3)14-10)16-9-4-8(9)12(17)18/h5-6,8-9H,4H2,1-3H3,(H,17,18)(H2,13,14,15,16). The molecule has 1 aliphatic carbocycles. The van der Waals surface area contributed by atoms with E-state index in [1.165, 1.54) is 0 Å². The van der Waals surface area contributed by atoms with Crippen LogP contribution in [-0.2, 0) is 4.79 Å². The molecule has 1 aliphatic rings. The van der Waals surface area contributed by atoms with Gasteiger partial charge in [-0.15, -0.1) is 0 Å². The first-order chi connectivity index (χ1) is 8.45.